The van der Waals surface area contributed by atoms with Crippen LogP contribution in [0.1, 0.15) is 142 Å². The Kier molecular flexibility index (Phi) is 36.8. The van der Waals surface area contributed by atoms with Crippen LogP contribution in [0.15, 0.2) is 85.1 Å². The fourth-order valence-electron chi connectivity index (χ4n) is 4.82. The van der Waals surface area contributed by atoms with Gasteiger partial charge in [-0.2, -0.15) is 0 Å². The van der Waals surface area contributed by atoms with Gasteiger partial charge in [-0.3, -0.25) is 18.6 Å². The largest absolute Gasteiger partial charge is 0.472 e. The summed E-state index contributed by atoms with van der Waals surface area (Å²) < 4.78 is 32.6. The molecule has 0 saturated heterocycles. The van der Waals surface area contributed by atoms with Crippen molar-refractivity contribution in [3.63, 3.8) is 0 Å². The summed E-state index contributed by atoms with van der Waals surface area (Å²) in [5.41, 5.74) is 5.33. The average molecular weight is 762 g/mol. The van der Waals surface area contributed by atoms with Crippen LogP contribution in [0.4, 0.5) is 0 Å². The molecule has 0 heterocycles. The molecule has 53 heavy (non-hydrogen) atoms. The van der Waals surface area contributed by atoms with Gasteiger partial charge in [0.15, 0.2) is 6.10 Å². The SMILES string of the molecule is CC/C=C/C/C=C/C/C=C/C/C=C/CCCCC(=O)O[C@H](COC(=O)CCC/C=C/C/C=C/C/C=C/CCCCCCCC)COP(=O)(O)OCCN. The van der Waals surface area contributed by atoms with E-state index in [1.165, 1.54) is 38.5 Å². The Morgan fingerprint density at radius 3 is 1.60 bits per heavy atom. The highest BCUT2D eigenvalue weighted by atomic mass is 31.2. The Bertz CT molecular complexity index is 1140. The minimum atomic E-state index is -4.40. The highest BCUT2D eigenvalue weighted by Gasteiger charge is 2.25. The molecule has 1 unspecified atom stereocenters. The molecule has 0 aromatic heterocycles. The number of hydrogen-bond acceptors (Lipinski definition) is 8. The van der Waals surface area contributed by atoms with E-state index in [9.17, 15) is 19.0 Å². The van der Waals surface area contributed by atoms with Crippen molar-refractivity contribution in [2.75, 3.05) is 26.4 Å². The lowest BCUT2D eigenvalue weighted by atomic mass is 10.1. The van der Waals surface area contributed by atoms with Gasteiger partial charge in [0, 0.05) is 19.4 Å². The Morgan fingerprint density at radius 1 is 0.585 bits per heavy atom. The van der Waals surface area contributed by atoms with Crippen molar-refractivity contribution in [2.24, 2.45) is 5.73 Å². The molecule has 0 aliphatic rings. The van der Waals surface area contributed by atoms with Gasteiger partial charge in [-0.1, -0.05) is 131 Å². The lowest BCUT2D eigenvalue weighted by Gasteiger charge is -2.19. The number of phosphoric ester groups is 1. The lowest BCUT2D eigenvalue weighted by molar-refractivity contribution is -0.161. The normalized spacial score (nSPS) is 14.3. The number of hydrogen-bond donors (Lipinski definition) is 2. The van der Waals surface area contributed by atoms with Crippen molar-refractivity contribution in [1.29, 1.82) is 0 Å². The second-order valence-corrected chi connectivity index (χ2v) is 14.2. The second-order valence-electron chi connectivity index (χ2n) is 12.8. The fraction of sp³-hybridized carbons (Fsp3) is 0.628. The van der Waals surface area contributed by atoms with E-state index in [1.807, 2.05) is 6.08 Å². The summed E-state index contributed by atoms with van der Waals surface area (Å²) in [5.74, 6) is -0.949. The van der Waals surface area contributed by atoms with E-state index in [1.54, 1.807) is 0 Å². The van der Waals surface area contributed by atoms with Gasteiger partial charge in [0.25, 0.3) is 0 Å². The first kappa shape index (κ1) is 50.2. The molecule has 0 spiro atoms. The molecular formula is C43H72NO8P. The Hall–Kier alpha value is -2.81. The quantitative estimate of drug-likeness (QED) is 0.0277. The van der Waals surface area contributed by atoms with Crippen LogP contribution >= 0.6 is 7.82 Å². The Labute approximate surface area is 322 Å². The first-order valence-corrected chi connectivity index (χ1v) is 21.6. The minimum absolute atomic E-state index is 0.0355. The molecule has 302 valence electrons. The van der Waals surface area contributed by atoms with Gasteiger partial charge in [-0.25, -0.2) is 4.57 Å². The number of phosphoric acid groups is 1. The van der Waals surface area contributed by atoms with Crippen molar-refractivity contribution in [2.45, 2.75) is 148 Å². The van der Waals surface area contributed by atoms with Crippen molar-refractivity contribution in [3.8, 4) is 0 Å². The number of nitrogens with two attached hydrogens (primary N) is 1. The number of carbonyl (C=O) groups excluding carboxylic acids is 2. The molecule has 9 nitrogen and oxygen atoms in total. The van der Waals surface area contributed by atoms with Gasteiger partial charge in [-0.15, -0.1) is 0 Å². The van der Waals surface area contributed by atoms with Crippen LogP contribution in [0.5, 0.6) is 0 Å². The highest BCUT2D eigenvalue weighted by Crippen LogP contribution is 2.43. The number of allylic oxidation sites excluding steroid dienone is 14. The molecular weight excluding hydrogens is 689 g/mol. The van der Waals surface area contributed by atoms with Crippen LogP contribution in [0.2, 0.25) is 0 Å². The predicted octanol–water partition coefficient (Wildman–Crippen LogP) is 11.3. The van der Waals surface area contributed by atoms with Crippen LogP contribution < -0.4 is 5.73 Å². The molecule has 0 aliphatic carbocycles. The predicted molar refractivity (Wildman–Crippen MR) is 219 cm³/mol. The third-order valence-electron chi connectivity index (χ3n) is 7.77. The van der Waals surface area contributed by atoms with E-state index in [-0.39, 0.29) is 32.6 Å². The number of unbranched alkanes of at least 4 members (excludes halogenated alkanes) is 9. The molecule has 0 saturated carbocycles. The minimum Gasteiger partial charge on any atom is -0.462 e. The van der Waals surface area contributed by atoms with Crippen LogP contribution in [-0.4, -0.2) is 49.3 Å². The summed E-state index contributed by atoms with van der Waals surface area (Å²) in [5, 5.41) is 0. The maximum absolute atomic E-state index is 12.5. The van der Waals surface area contributed by atoms with Crippen LogP contribution in [-0.2, 0) is 32.7 Å². The van der Waals surface area contributed by atoms with Gasteiger partial charge < -0.3 is 20.1 Å². The number of esters is 2. The standard InChI is InChI=1S/C43H72NO8P/c1-3-5-7-9-11-13-15-17-19-20-22-23-25-27-29-31-33-35-42(45)49-39-41(40-51-53(47,48)50-38-37-44)52-43(46)36-34-32-30-28-26-24-21-18-16-14-12-10-8-6-4-2/h6,8,12,14,17-19,21-23,26-29,41H,3-5,7,9-11,13,15-16,20,24-25,30-40,44H2,1-2H3,(H,47,48)/b8-6+,14-12+,19-17+,21-18+,23-22+,28-26+,29-27+/t41-/m1/s1. The molecule has 0 rings (SSSR count). The van der Waals surface area contributed by atoms with Gasteiger partial charge in [0.2, 0.25) is 0 Å². The van der Waals surface area contributed by atoms with Crippen LogP contribution in [0.3, 0.4) is 0 Å². The topological polar surface area (TPSA) is 134 Å². The van der Waals surface area contributed by atoms with Crippen LogP contribution in [0.25, 0.3) is 0 Å². The molecule has 10 heteroatoms. The Balaban J connectivity index is 4.37. The zero-order chi connectivity index (χ0) is 38.9. The second kappa shape index (κ2) is 38.9. The summed E-state index contributed by atoms with van der Waals surface area (Å²) >= 11 is 0. The summed E-state index contributed by atoms with van der Waals surface area (Å²) in [7, 11) is -4.40. The summed E-state index contributed by atoms with van der Waals surface area (Å²) in [4.78, 5) is 34.7. The van der Waals surface area contributed by atoms with E-state index in [2.05, 4.69) is 92.8 Å². The van der Waals surface area contributed by atoms with Crippen molar-refractivity contribution < 1.29 is 37.6 Å². The molecule has 0 bridgehead atoms. The summed E-state index contributed by atoms with van der Waals surface area (Å²) in [6.45, 7) is 3.47. The van der Waals surface area contributed by atoms with Crippen molar-refractivity contribution >= 4 is 19.8 Å². The Morgan fingerprint density at radius 2 is 1.06 bits per heavy atom. The zero-order valence-electron chi connectivity index (χ0n) is 33.0. The monoisotopic (exact) mass is 761 g/mol. The van der Waals surface area contributed by atoms with E-state index in [4.69, 9.17) is 24.3 Å². The van der Waals surface area contributed by atoms with E-state index < -0.39 is 32.5 Å². The van der Waals surface area contributed by atoms with E-state index in [0.29, 0.717) is 12.8 Å². The molecule has 2 atom stereocenters. The first-order valence-electron chi connectivity index (χ1n) is 20.1. The third-order valence-corrected chi connectivity index (χ3v) is 8.75. The molecule has 0 radical (unpaired) electrons. The first-order chi connectivity index (χ1) is 25.8. The van der Waals surface area contributed by atoms with E-state index >= 15 is 0 Å². The smallest absolute Gasteiger partial charge is 0.462 e. The molecule has 0 aromatic rings. The number of ether oxygens (including phenoxy) is 2. The van der Waals surface area contributed by atoms with Gasteiger partial charge in [0.1, 0.15) is 6.61 Å². The summed E-state index contributed by atoms with van der Waals surface area (Å²) in [6.07, 6.45) is 47.7. The molecule has 0 fully saturated rings. The molecule has 0 aliphatic heterocycles. The summed E-state index contributed by atoms with van der Waals surface area (Å²) in [6, 6.07) is 0. The van der Waals surface area contributed by atoms with E-state index in [0.717, 1.165) is 64.2 Å². The molecule has 3 N–H and O–H groups in total. The van der Waals surface area contributed by atoms with Crippen molar-refractivity contribution in [3.05, 3.63) is 85.1 Å². The molecule has 0 amide bonds. The van der Waals surface area contributed by atoms with Gasteiger partial charge in [-0.05, 0) is 83.5 Å². The highest BCUT2D eigenvalue weighted by molar-refractivity contribution is 7.47. The van der Waals surface area contributed by atoms with Gasteiger partial charge in [0.05, 0.1) is 13.2 Å². The maximum Gasteiger partial charge on any atom is 0.472 e. The fourth-order valence-corrected chi connectivity index (χ4v) is 5.58. The van der Waals surface area contributed by atoms with Gasteiger partial charge >= 0.3 is 19.8 Å². The number of carbonyl (C=O) groups is 2. The van der Waals surface area contributed by atoms with Crippen LogP contribution in [0, 0.1) is 0 Å². The molecule has 0 aromatic carbocycles. The average Bonchev–Trinajstić information content (AvgIpc) is 3.14. The number of rotatable bonds is 36. The lowest BCUT2D eigenvalue weighted by Crippen LogP contribution is -2.29. The van der Waals surface area contributed by atoms with Crippen molar-refractivity contribution in [1.82, 2.24) is 0 Å². The third kappa shape index (κ3) is 38.7. The maximum atomic E-state index is 12.5. The zero-order valence-corrected chi connectivity index (χ0v) is 33.9.